The van der Waals surface area contributed by atoms with Crippen molar-refractivity contribution in [3.8, 4) is 6.07 Å². The summed E-state index contributed by atoms with van der Waals surface area (Å²) in [5, 5.41) is 23.6. The van der Waals surface area contributed by atoms with Crippen molar-refractivity contribution in [2.75, 3.05) is 19.7 Å². The molecule has 3 rings (SSSR count). The summed E-state index contributed by atoms with van der Waals surface area (Å²) in [5.74, 6) is -3.01. The molecule has 0 bridgehead atoms. The Morgan fingerprint density at radius 3 is 2.30 bits per heavy atom. The zero-order chi connectivity index (χ0) is 21.8. The molecule has 30 heavy (non-hydrogen) atoms. The summed E-state index contributed by atoms with van der Waals surface area (Å²) in [4.78, 5) is 25.1. The second kappa shape index (κ2) is 12.3. The predicted molar refractivity (Wildman–Crippen MR) is 108 cm³/mol. The highest BCUT2D eigenvalue weighted by atomic mass is 16.5. The van der Waals surface area contributed by atoms with Gasteiger partial charge in [0.15, 0.2) is 0 Å². The van der Waals surface area contributed by atoms with Crippen molar-refractivity contribution < 1.29 is 24.5 Å². The first-order valence-corrected chi connectivity index (χ1v) is 9.63. The Morgan fingerprint density at radius 2 is 1.77 bits per heavy atom. The van der Waals surface area contributed by atoms with E-state index in [9.17, 15) is 0 Å². The largest absolute Gasteiger partial charge is 0.473 e. The number of rotatable bonds is 6. The number of hydrogen-bond acceptors (Lipinski definition) is 6. The number of benzene rings is 1. The molecule has 1 aromatic carbocycles. The van der Waals surface area contributed by atoms with Gasteiger partial charge in [0.2, 0.25) is 0 Å². The van der Waals surface area contributed by atoms with Gasteiger partial charge in [0.1, 0.15) is 0 Å². The molecule has 1 aromatic heterocycles. The molecule has 8 nitrogen and oxygen atoms in total. The molecule has 0 aliphatic carbocycles. The Labute approximate surface area is 175 Å². The molecule has 1 aliphatic heterocycles. The van der Waals surface area contributed by atoms with Crippen molar-refractivity contribution in [1.29, 1.82) is 5.26 Å². The second-order valence-electron chi connectivity index (χ2n) is 6.97. The minimum atomic E-state index is -1.82. The molecule has 0 radical (unpaired) electrons. The summed E-state index contributed by atoms with van der Waals surface area (Å²) in [6.07, 6.45) is 4.22. The van der Waals surface area contributed by atoms with E-state index in [1.165, 1.54) is 12.8 Å². The van der Waals surface area contributed by atoms with Crippen LogP contribution in [0.4, 0.5) is 0 Å². The summed E-state index contributed by atoms with van der Waals surface area (Å²) in [7, 11) is 0. The molecule has 8 heteroatoms. The number of hydrogen-bond donors (Lipinski definition) is 2. The number of carboxylic acids is 2. The zero-order valence-corrected chi connectivity index (χ0v) is 16.6. The molecule has 0 spiro atoms. The first-order valence-electron chi connectivity index (χ1n) is 9.63. The van der Waals surface area contributed by atoms with Crippen molar-refractivity contribution in [3.63, 3.8) is 0 Å². The molecule has 1 aliphatic rings. The molecule has 2 N–H and O–H groups in total. The maximum absolute atomic E-state index is 9.10. The van der Waals surface area contributed by atoms with Crippen LogP contribution in [-0.2, 0) is 27.5 Å². The van der Waals surface area contributed by atoms with Crippen LogP contribution in [0.3, 0.4) is 0 Å². The first kappa shape index (κ1) is 23.0. The number of ether oxygens (including phenoxy) is 1. The van der Waals surface area contributed by atoms with Crippen molar-refractivity contribution in [1.82, 2.24) is 9.88 Å². The van der Waals surface area contributed by atoms with Gasteiger partial charge in [0.05, 0.1) is 23.9 Å². The molecule has 0 unspecified atom stereocenters. The van der Waals surface area contributed by atoms with Crippen LogP contribution in [0.2, 0.25) is 0 Å². The second-order valence-corrected chi connectivity index (χ2v) is 6.97. The van der Waals surface area contributed by atoms with Gasteiger partial charge in [-0.15, -0.1) is 0 Å². The van der Waals surface area contributed by atoms with Crippen LogP contribution >= 0.6 is 0 Å². The fourth-order valence-electron chi connectivity index (χ4n) is 3.05. The number of carbonyl (C=O) groups is 2. The van der Waals surface area contributed by atoms with Crippen LogP contribution in [0.5, 0.6) is 0 Å². The van der Waals surface area contributed by atoms with Crippen molar-refractivity contribution in [3.05, 3.63) is 65.5 Å². The molecule has 2 heterocycles. The van der Waals surface area contributed by atoms with Gasteiger partial charge in [-0.2, -0.15) is 5.26 Å². The maximum Gasteiger partial charge on any atom is 0.414 e. The van der Waals surface area contributed by atoms with Crippen LogP contribution < -0.4 is 0 Å². The van der Waals surface area contributed by atoms with E-state index in [0.29, 0.717) is 18.1 Å². The topological polar surface area (TPSA) is 124 Å². The van der Waals surface area contributed by atoms with Crippen LogP contribution in [0, 0.1) is 17.2 Å². The van der Waals surface area contributed by atoms with Crippen LogP contribution in [0.25, 0.3) is 0 Å². The number of nitriles is 1. The van der Waals surface area contributed by atoms with E-state index in [0.717, 1.165) is 37.5 Å². The number of aliphatic carboxylic acids is 2. The number of pyridine rings is 1. The van der Waals surface area contributed by atoms with Gasteiger partial charge >= 0.3 is 11.9 Å². The summed E-state index contributed by atoms with van der Waals surface area (Å²) < 4.78 is 5.87. The lowest BCUT2D eigenvalue weighted by atomic mass is 9.97. The molecule has 1 fully saturated rings. The Bertz CT molecular complexity index is 829. The minimum absolute atomic E-state index is 0.625. The zero-order valence-electron chi connectivity index (χ0n) is 16.6. The van der Waals surface area contributed by atoms with E-state index in [2.05, 4.69) is 22.0 Å². The number of carboxylic acid groups (broad SMARTS) is 2. The Kier molecular flexibility index (Phi) is 9.45. The van der Waals surface area contributed by atoms with Gasteiger partial charge < -0.3 is 14.9 Å². The van der Waals surface area contributed by atoms with E-state index in [1.807, 2.05) is 42.6 Å². The minimum Gasteiger partial charge on any atom is -0.473 e. The average Bonchev–Trinajstić information content (AvgIpc) is 2.76. The third kappa shape index (κ3) is 8.39. The highest BCUT2D eigenvalue weighted by Crippen LogP contribution is 2.19. The van der Waals surface area contributed by atoms with E-state index in [4.69, 9.17) is 29.8 Å². The average molecular weight is 411 g/mol. The molecule has 0 atom stereocenters. The van der Waals surface area contributed by atoms with E-state index in [-0.39, 0.29) is 0 Å². The predicted octanol–water partition coefficient (Wildman–Crippen LogP) is 2.54. The van der Waals surface area contributed by atoms with Crippen molar-refractivity contribution in [2.45, 2.75) is 26.0 Å². The van der Waals surface area contributed by atoms with Gasteiger partial charge in [0, 0.05) is 19.3 Å². The summed E-state index contributed by atoms with van der Waals surface area (Å²) in [5.41, 5.74) is 2.97. The molecule has 2 aromatic rings. The molecule has 0 saturated carbocycles. The molecule has 158 valence electrons. The number of likely N-dealkylation sites (tertiary alicyclic amines) is 1. The van der Waals surface area contributed by atoms with E-state index < -0.39 is 11.9 Å². The SMILES string of the molecule is N#Cc1ccc(COCC2CCN(Cc3ccccn3)CC2)cc1.O=C(O)C(=O)O. The molecular formula is C22H25N3O5. The van der Waals surface area contributed by atoms with Crippen LogP contribution in [0.15, 0.2) is 48.7 Å². The fraction of sp³-hybridized carbons (Fsp3) is 0.364. The third-order valence-corrected chi connectivity index (χ3v) is 4.71. The Morgan fingerprint density at radius 1 is 1.10 bits per heavy atom. The summed E-state index contributed by atoms with van der Waals surface area (Å²) in [6, 6.07) is 15.8. The molecule has 0 amide bonds. The standard InChI is InChI=1S/C20H23N3O.C2H2O4/c21-13-17-4-6-18(7-5-17)15-24-16-19-8-11-23(12-9-19)14-20-3-1-2-10-22-20;3-1(4)2(5)6/h1-7,10,19H,8-9,11-12,14-16H2;(H,3,4)(H,5,6). The summed E-state index contributed by atoms with van der Waals surface area (Å²) >= 11 is 0. The van der Waals surface area contributed by atoms with Crippen LogP contribution in [-0.4, -0.2) is 51.7 Å². The number of aromatic nitrogens is 1. The lowest BCUT2D eigenvalue weighted by Gasteiger charge is -2.31. The van der Waals surface area contributed by atoms with Gasteiger partial charge in [-0.25, -0.2) is 9.59 Å². The van der Waals surface area contributed by atoms with Crippen LogP contribution in [0.1, 0.15) is 29.7 Å². The number of piperidine rings is 1. The van der Waals surface area contributed by atoms with Crippen molar-refractivity contribution in [2.24, 2.45) is 5.92 Å². The lowest BCUT2D eigenvalue weighted by Crippen LogP contribution is -2.34. The van der Waals surface area contributed by atoms with Gasteiger partial charge in [-0.05, 0) is 61.7 Å². The quantitative estimate of drug-likeness (QED) is 0.695. The maximum atomic E-state index is 9.10. The normalized spacial score (nSPS) is 14.2. The Hall–Kier alpha value is -3.28. The smallest absolute Gasteiger partial charge is 0.414 e. The monoisotopic (exact) mass is 411 g/mol. The highest BCUT2D eigenvalue weighted by Gasteiger charge is 2.19. The highest BCUT2D eigenvalue weighted by molar-refractivity contribution is 6.27. The van der Waals surface area contributed by atoms with Crippen molar-refractivity contribution >= 4 is 11.9 Å². The van der Waals surface area contributed by atoms with E-state index in [1.54, 1.807) is 0 Å². The lowest BCUT2D eigenvalue weighted by molar-refractivity contribution is -0.159. The summed E-state index contributed by atoms with van der Waals surface area (Å²) in [6.45, 7) is 4.61. The van der Waals surface area contributed by atoms with Gasteiger partial charge in [-0.1, -0.05) is 18.2 Å². The van der Waals surface area contributed by atoms with Gasteiger partial charge in [0.25, 0.3) is 0 Å². The molecule has 1 saturated heterocycles. The first-order chi connectivity index (χ1) is 14.5. The number of nitrogens with zero attached hydrogens (tertiary/aromatic N) is 3. The third-order valence-electron chi connectivity index (χ3n) is 4.71. The van der Waals surface area contributed by atoms with Gasteiger partial charge in [-0.3, -0.25) is 9.88 Å². The molecular weight excluding hydrogens is 386 g/mol. The van der Waals surface area contributed by atoms with E-state index >= 15 is 0 Å². The fourth-order valence-corrected chi connectivity index (χ4v) is 3.05. The Balaban J connectivity index is 0.000000469.